The predicted octanol–water partition coefficient (Wildman–Crippen LogP) is 3.48. The molecular weight excluding hydrogens is 258 g/mol. The van der Waals surface area contributed by atoms with Gasteiger partial charge in [-0.3, -0.25) is 0 Å². The number of halogens is 1. The lowest BCUT2D eigenvalue weighted by atomic mass is 9.85. The lowest BCUT2D eigenvalue weighted by Gasteiger charge is -2.28. The van der Waals surface area contributed by atoms with Crippen LogP contribution in [0, 0.1) is 5.41 Å². The van der Waals surface area contributed by atoms with Gasteiger partial charge in [-0.15, -0.1) is 0 Å². The Balaban J connectivity index is 1.85. The molecule has 19 heavy (non-hydrogen) atoms. The van der Waals surface area contributed by atoms with E-state index >= 15 is 0 Å². The first kappa shape index (κ1) is 12.7. The van der Waals surface area contributed by atoms with Crippen LogP contribution in [0.15, 0.2) is 30.7 Å². The highest BCUT2D eigenvalue weighted by Crippen LogP contribution is 2.45. The summed E-state index contributed by atoms with van der Waals surface area (Å²) < 4.78 is 0. The van der Waals surface area contributed by atoms with Crippen molar-refractivity contribution in [3.8, 4) is 0 Å². The van der Waals surface area contributed by atoms with E-state index in [0.29, 0.717) is 6.04 Å². The zero-order chi connectivity index (χ0) is 13.5. The number of fused-ring (bicyclic) bond motifs is 1. The Labute approximate surface area is 118 Å². The maximum Gasteiger partial charge on any atom is 0.0922 e. The molecule has 2 N–H and O–H groups in total. The summed E-state index contributed by atoms with van der Waals surface area (Å²) in [7, 11) is 0. The second kappa shape index (κ2) is 4.66. The monoisotopic (exact) mass is 275 g/mol. The predicted molar refractivity (Wildman–Crippen MR) is 77.1 cm³/mol. The lowest BCUT2D eigenvalue weighted by molar-refractivity contribution is 0.267. The van der Waals surface area contributed by atoms with Gasteiger partial charge in [0.1, 0.15) is 0 Å². The van der Waals surface area contributed by atoms with Crippen LogP contribution in [-0.2, 0) is 13.0 Å². The Hall–Kier alpha value is -1.32. The molecule has 0 bridgehead atoms. The Bertz CT molecular complexity index is 575. The fourth-order valence-electron chi connectivity index (χ4n) is 2.99. The molecule has 1 aliphatic rings. The molecule has 1 aliphatic carbocycles. The van der Waals surface area contributed by atoms with E-state index in [1.54, 1.807) is 6.33 Å². The van der Waals surface area contributed by atoms with Crippen LogP contribution in [0.2, 0.25) is 5.02 Å². The Morgan fingerprint density at radius 3 is 3.05 bits per heavy atom. The van der Waals surface area contributed by atoms with Crippen molar-refractivity contribution in [3.05, 3.63) is 52.6 Å². The maximum atomic E-state index is 6.14. The van der Waals surface area contributed by atoms with Crippen molar-refractivity contribution in [1.82, 2.24) is 15.3 Å². The van der Waals surface area contributed by atoms with Crippen molar-refractivity contribution in [3.63, 3.8) is 0 Å². The molecule has 2 aromatic rings. The molecule has 0 saturated carbocycles. The SMILES string of the molecule is CC1(C)Cc2ccc(Cl)cc2C1NCc1cnc[nH]1. The van der Waals surface area contributed by atoms with Gasteiger partial charge in [-0.25, -0.2) is 4.98 Å². The van der Waals surface area contributed by atoms with Gasteiger partial charge < -0.3 is 10.3 Å². The fraction of sp³-hybridized carbons (Fsp3) is 0.400. The van der Waals surface area contributed by atoms with Gasteiger partial charge >= 0.3 is 0 Å². The molecule has 1 atom stereocenters. The average Bonchev–Trinajstić information content (AvgIpc) is 2.92. The number of nitrogens with one attached hydrogen (secondary N) is 2. The van der Waals surface area contributed by atoms with Crippen molar-refractivity contribution < 1.29 is 0 Å². The third kappa shape index (κ3) is 2.40. The molecule has 0 aliphatic heterocycles. The van der Waals surface area contributed by atoms with E-state index in [9.17, 15) is 0 Å². The normalized spacial score (nSPS) is 20.5. The number of aromatic amines is 1. The van der Waals surface area contributed by atoms with Crippen LogP contribution >= 0.6 is 11.6 Å². The standard InChI is InChI=1S/C15H18ClN3/c1-15(2)6-10-3-4-11(16)5-13(10)14(15)18-8-12-7-17-9-19-12/h3-5,7,9,14,18H,6,8H2,1-2H3,(H,17,19). The van der Waals surface area contributed by atoms with Crippen LogP contribution in [-0.4, -0.2) is 9.97 Å². The van der Waals surface area contributed by atoms with E-state index < -0.39 is 0 Å². The van der Waals surface area contributed by atoms with E-state index in [2.05, 4.69) is 41.3 Å². The molecule has 4 heteroatoms. The summed E-state index contributed by atoms with van der Waals surface area (Å²) >= 11 is 6.14. The van der Waals surface area contributed by atoms with Crippen LogP contribution in [0.3, 0.4) is 0 Å². The Kier molecular flexibility index (Phi) is 3.11. The van der Waals surface area contributed by atoms with E-state index in [1.165, 1.54) is 11.1 Å². The van der Waals surface area contributed by atoms with Gasteiger partial charge in [0.25, 0.3) is 0 Å². The highest BCUT2D eigenvalue weighted by molar-refractivity contribution is 6.30. The molecule has 1 aromatic carbocycles. The highest BCUT2D eigenvalue weighted by atomic mass is 35.5. The van der Waals surface area contributed by atoms with Gasteiger partial charge in [-0.1, -0.05) is 31.5 Å². The summed E-state index contributed by atoms with van der Waals surface area (Å²) in [5.74, 6) is 0. The number of aromatic nitrogens is 2. The smallest absolute Gasteiger partial charge is 0.0922 e. The molecule has 3 rings (SSSR count). The van der Waals surface area contributed by atoms with Gasteiger partial charge in [0, 0.05) is 29.5 Å². The number of H-pyrrole nitrogens is 1. The van der Waals surface area contributed by atoms with Gasteiger partial charge in [-0.05, 0) is 35.1 Å². The molecule has 1 unspecified atom stereocenters. The molecule has 0 fully saturated rings. The average molecular weight is 276 g/mol. The number of imidazole rings is 1. The van der Waals surface area contributed by atoms with Crippen molar-refractivity contribution >= 4 is 11.6 Å². The first-order chi connectivity index (χ1) is 9.06. The summed E-state index contributed by atoms with van der Waals surface area (Å²) in [5.41, 5.74) is 4.03. The topological polar surface area (TPSA) is 40.7 Å². The zero-order valence-electron chi connectivity index (χ0n) is 11.2. The zero-order valence-corrected chi connectivity index (χ0v) is 12.0. The summed E-state index contributed by atoms with van der Waals surface area (Å²) in [5, 5.41) is 4.44. The van der Waals surface area contributed by atoms with Crippen LogP contribution in [0.5, 0.6) is 0 Å². The molecule has 0 radical (unpaired) electrons. The number of hydrogen-bond donors (Lipinski definition) is 2. The quantitative estimate of drug-likeness (QED) is 0.900. The van der Waals surface area contributed by atoms with Gasteiger partial charge in [0.2, 0.25) is 0 Å². The van der Waals surface area contributed by atoms with E-state index in [0.717, 1.165) is 23.7 Å². The van der Waals surface area contributed by atoms with Gasteiger partial charge in [0.05, 0.1) is 6.33 Å². The molecule has 1 aromatic heterocycles. The third-order valence-electron chi connectivity index (χ3n) is 3.90. The molecule has 1 heterocycles. The second-order valence-corrected chi connectivity index (χ2v) is 6.34. The molecule has 0 amide bonds. The summed E-state index contributed by atoms with van der Waals surface area (Å²) in [6, 6.07) is 6.55. The number of nitrogens with zero attached hydrogens (tertiary/aromatic N) is 1. The largest absolute Gasteiger partial charge is 0.347 e. The Morgan fingerprint density at radius 2 is 2.32 bits per heavy atom. The molecule has 0 spiro atoms. The highest BCUT2D eigenvalue weighted by Gasteiger charge is 2.38. The maximum absolute atomic E-state index is 6.14. The third-order valence-corrected chi connectivity index (χ3v) is 4.13. The molecular formula is C15H18ClN3. The summed E-state index contributed by atoms with van der Waals surface area (Å²) in [6.07, 6.45) is 4.65. The van der Waals surface area contributed by atoms with Crippen molar-refractivity contribution in [2.45, 2.75) is 32.9 Å². The van der Waals surface area contributed by atoms with Crippen LogP contribution in [0.1, 0.15) is 36.7 Å². The van der Waals surface area contributed by atoms with Crippen LogP contribution in [0.25, 0.3) is 0 Å². The number of benzene rings is 1. The fourth-order valence-corrected chi connectivity index (χ4v) is 3.17. The first-order valence-electron chi connectivity index (χ1n) is 6.55. The van der Waals surface area contributed by atoms with E-state index in [-0.39, 0.29) is 5.41 Å². The number of hydrogen-bond acceptors (Lipinski definition) is 2. The summed E-state index contributed by atoms with van der Waals surface area (Å²) in [4.78, 5) is 7.17. The van der Waals surface area contributed by atoms with Crippen molar-refractivity contribution in [2.24, 2.45) is 5.41 Å². The summed E-state index contributed by atoms with van der Waals surface area (Å²) in [6.45, 7) is 5.39. The van der Waals surface area contributed by atoms with Crippen LogP contribution in [0.4, 0.5) is 0 Å². The minimum atomic E-state index is 0.201. The first-order valence-corrected chi connectivity index (χ1v) is 6.93. The minimum Gasteiger partial charge on any atom is -0.347 e. The lowest BCUT2D eigenvalue weighted by Crippen LogP contribution is -2.30. The molecule has 0 saturated heterocycles. The second-order valence-electron chi connectivity index (χ2n) is 5.90. The van der Waals surface area contributed by atoms with Crippen molar-refractivity contribution in [2.75, 3.05) is 0 Å². The number of rotatable bonds is 3. The van der Waals surface area contributed by atoms with Gasteiger partial charge in [0.15, 0.2) is 0 Å². The molecule has 3 nitrogen and oxygen atoms in total. The molecule has 100 valence electrons. The van der Waals surface area contributed by atoms with E-state index in [1.807, 2.05) is 12.3 Å². The van der Waals surface area contributed by atoms with Gasteiger partial charge in [-0.2, -0.15) is 0 Å². The van der Waals surface area contributed by atoms with E-state index in [4.69, 9.17) is 11.6 Å². The van der Waals surface area contributed by atoms with Crippen molar-refractivity contribution in [1.29, 1.82) is 0 Å². The minimum absolute atomic E-state index is 0.201. The Morgan fingerprint density at radius 1 is 1.47 bits per heavy atom. The van der Waals surface area contributed by atoms with Crippen LogP contribution < -0.4 is 5.32 Å².